The van der Waals surface area contributed by atoms with E-state index in [-0.39, 0.29) is 18.7 Å². The fourth-order valence-electron chi connectivity index (χ4n) is 3.32. The molecule has 138 valence electrons. The number of rotatable bonds is 3. The Kier molecular flexibility index (Phi) is 3.87. The second kappa shape index (κ2) is 6.11. The minimum atomic E-state index is -2.41. The molecule has 1 atom stereocenters. The molecule has 0 bridgehead atoms. The van der Waals surface area contributed by atoms with Crippen LogP contribution in [0.3, 0.4) is 0 Å². The van der Waals surface area contributed by atoms with Gasteiger partial charge in [0.1, 0.15) is 0 Å². The molecule has 0 spiro atoms. The van der Waals surface area contributed by atoms with Gasteiger partial charge in [-0.1, -0.05) is 17.3 Å². The van der Waals surface area contributed by atoms with E-state index in [0.717, 1.165) is 16.5 Å². The molecule has 1 saturated heterocycles. The molecular weight excluding hydrogens is 353 g/mol. The number of carbonyl (C=O) groups is 2. The van der Waals surface area contributed by atoms with Gasteiger partial charge in [-0.25, -0.2) is 13.9 Å². The number of carboxylic acids is 1. The molecule has 1 fully saturated rings. The summed E-state index contributed by atoms with van der Waals surface area (Å²) in [6, 6.07) is 7.47. The van der Waals surface area contributed by atoms with Crippen LogP contribution < -0.4 is 0 Å². The molecular formula is C18H16FN5O3. The molecule has 0 aliphatic carbocycles. The van der Waals surface area contributed by atoms with E-state index in [0.29, 0.717) is 5.69 Å². The molecule has 1 aliphatic rings. The number of hydrogen-bond donors (Lipinski definition) is 1. The van der Waals surface area contributed by atoms with Crippen molar-refractivity contribution in [1.29, 1.82) is 0 Å². The number of amides is 1. The van der Waals surface area contributed by atoms with Crippen molar-refractivity contribution in [2.24, 2.45) is 0 Å². The number of alkyl halides is 1. The van der Waals surface area contributed by atoms with Crippen molar-refractivity contribution in [2.45, 2.75) is 19.0 Å². The van der Waals surface area contributed by atoms with Crippen LogP contribution in [0.15, 0.2) is 36.7 Å². The summed E-state index contributed by atoms with van der Waals surface area (Å²) in [5.74, 6) is -2.08. The number of aromatic nitrogens is 4. The van der Waals surface area contributed by atoms with Crippen molar-refractivity contribution in [1.82, 2.24) is 24.9 Å². The quantitative estimate of drug-likeness (QED) is 0.755. The van der Waals surface area contributed by atoms with Crippen molar-refractivity contribution >= 4 is 22.6 Å². The average Bonchev–Trinajstić information content (AvgIpc) is 3.25. The normalized spacial score (nSPS) is 19.6. The number of carboxylic acid groups (broad SMARTS) is 1. The Morgan fingerprint density at radius 3 is 2.85 bits per heavy atom. The Labute approximate surface area is 153 Å². The zero-order valence-electron chi connectivity index (χ0n) is 14.5. The minimum Gasteiger partial charge on any atom is -0.479 e. The van der Waals surface area contributed by atoms with Crippen molar-refractivity contribution in [3.63, 3.8) is 0 Å². The average molecular weight is 369 g/mol. The van der Waals surface area contributed by atoms with Gasteiger partial charge in [-0.15, -0.1) is 5.10 Å². The van der Waals surface area contributed by atoms with Gasteiger partial charge in [0.2, 0.25) is 5.67 Å². The first kappa shape index (κ1) is 17.1. The smallest absolute Gasteiger partial charge is 0.343 e. The molecule has 1 unspecified atom stereocenters. The number of halogens is 1. The summed E-state index contributed by atoms with van der Waals surface area (Å²) < 4.78 is 15.8. The van der Waals surface area contributed by atoms with Gasteiger partial charge in [0, 0.05) is 36.1 Å². The number of nitrogens with zero attached hydrogens (tertiary/aromatic N) is 5. The third-order valence-electron chi connectivity index (χ3n) is 4.87. The number of carbonyl (C=O) groups excluding carboxylic acids is 1. The van der Waals surface area contributed by atoms with Gasteiger partial charge in [0.15, 0.2) is 5.69 Å². The van der Waals surface area contributed by atoms with Gasteiger partial charge in [0.05, 0.1) is 17.9 Å². The second-order valence-electron chi connectivity index (χ2n) is 6.56. The van der Waals surface area contributed by atoms with Crippen LogP contribution in [0.5, 0.6) is 0 Å². The van der Waals surface area contributed by atoms with Gasteiger partial charge in [-0.2, -0.15) is 0 Å². The Bertz CT molecular complexity index is 1060. The molecule has 3 aromatic rings. The topological polar surface area (TPSA) is 101 Å². The van der Waals surface area contributed by atoms with Crippen LogP contribution in [0.1, 0.15) is 22.6 Å². The molecule has 1 aliphatic heterocycles. The Balaban J connectivity index is 1.69. The third-order valence-corrected chi connectivity index (χ3v) is 4.87. The van der Waals surface area contributed by atoms with Crippen molar-refractivity contribution < 1.29 is 19.1 Å². The van der Waals surface area contributed by atoms with E-state index in [4.69, 9.17) is 5.11 Å². The van der Waals surface area contributed by atoms with Gasteiger partial charge in [-0.3, -0.25) is 9.78 Å². The summed E-state index contributed by atoms with van der Waals surface area (Å²) in [5, 5.41) is 18.9. The fraction of sp³-hybridized carbons (Fsp3) is 0.278. The van der Waals surface area contributed by atoms with Gasteiger partial charge in [0.25, 0.3) is 5.91 Å². The SMILES string of the molecule is Cc1c(C(=O)N2CCC(F)(C(=O)O)C2)nnn1-c1cccc2cnccc12. The fourth-order valence-corrected chi connectivity index (χ4v) is 3.32. The summed E-state index contributed by atoms with van der Waals surface area (Å²) >= 11 is 0. The van der Waals surface area contributed by atoms with E-state index < -0.39 is 24.1 Å². The van der Waals surface area contributed by atoms with E-state index >= 15 is 0 Å². The van der Waals surface area contributed by atoms with Crippen molar-refractivity contribution in [3.05, 3.63) is 48.0 Å². The van der Waals surface area contributed by atoms with Gasteiger partial charge >= 0.3 is 5.97 Å². The number of pyridine rings is 1. The van der Waals surface area contributed by atoms with Crippen LogP contribution in [-0.2, 0) is 4.79 Å². The number of aliphatic carboxylic acids is 1. The zero-order valence-corrected chi connectivity index (χ0v) is 14.5. The third kappa shape index (κ3) is 2.71. The second-order valence-corrected chi connectivity index (χ2v) is 6.56. The highest BCUT2D eigenvalue weighted by Crippen LogP contribution is 2.28. The number of benzene rings is 1. The molecule has 0 radical (unpaired) electrons. The van der Waals surface area contributed by atoms with E-state index in [1.807, 2.05) is 24.3 Å². The van der Waals surface area contributed by atoms with Crippen LogP contribution in [0.25, 0.3) is 16.5 Å². The summed E-state index contributed by atoms with van der Waals surface area (Å²) in [6.07, 6.45) is 3.16. The molecule has 9 heteroatoms. The van der Waals surface area contributed by atoms with Gasteiger partial charge < -0.3 is 10.0 Å². The number of hydrogen-bond acceptors (Lipinski definition) is 5. The largest absolute Gasteiger partial charge is 0.479 e. The lowest BCUT2D eigenvalue weighted by atomic mass is 10.1. The van der Waals surface area contributed by atoms with E-state index in [1.165, 1.54) is 4.90 Å². The first-order valence-electron chi connectivity index (χ1n) is 8.38. The first-order valence-corrected chi connectivity index (χ1v) is 8.38. The maximum Gasteiger partial charge on any atom is 0.343 e. The molecule has 0 saturated carbocycles. The monoisotopic (exact) mass is 369 g/mol. The predicted octanol–water partition coefficient (Wildman–Crippen LogP) is 1.76. The summed E-state index contributed by atoms with van der Waals surface area (Å²) in [7, 11) is 0. The van der Waals surface area contributed by atoms with Crippen molar-refractivity contribution in [2.75, 3.05) is 13.1 Å². The highest BCUT2D eigenvalue weighted by Gasteiger charge is 2.47. The van der Waals surface area contributed by atoms with E-state index in [2.05, 4.69) is 15.3 Å². The van der Waals surface area contributed by atoms with Crippen LogP contribution in [-0.4, -0.2) is 60.6 Å². The highest BCUT2D eigenvalue weighted by atomic mass is 19.1. The van der Waals surface area contributed by atoms with Crippen LogP contribution in [0.2, 0.25) is 0 Å². The highest BCUT2D eigenvalue weighted by molar-refractivity contribution is 5.95. The van der Waals surface area contributed by atoms with Crippen LogP contribution >= 0.6 is 0 Å². The van der Waals surface area contributed by atoms with Gasteiger partial charge in [-0.05, 0) is 19.1 Å². The van der Waals surface area contributed by atoms with E-state index in [9.17, 15) is 14.0 Å². The first-order chi connectivity index (χ1) is 12.9. The summed E-state index contributed by atoms with van der Waals surface area (Å²) in [6.45, 7) is 1.23. The maximum atomic E-state index is 14.3. The predicted molar refractivity (Wildman–Crippen MR) is 93.4 cm³/mol. The molecule has 4 rings (SSSR count). The minimum absolute atomic E-state index is 0.0217. The van der Waals surface area contributed by atoms with E-state index in [1.54, 1.807) is 24.0 Å². The summed E-state index contributed by atoms with van der Waals surface area (Å²) in [5.41, 5.74) is -1.10. The molecule has 1 N–H and O–H groups in total. The summed E-state index contributed by atoms with van der Waals surface area (Å²) in [4.78, 5) is 29.0. The molecule has 1 aromatic carbocycles. The zero-order chi connectivity index (χ0) is 19.2. The maximum absolute atomic E-state index is 14.3. The number of fused-ring (bicyclic) bond motifs is 1. The Hall–Kier alpha value is -3.36. The molecule has 3 heterocycles. The lowest BCUT2D eigenvalue weighted by molar-refractivity contribution is -0.149. The Morgan fingerprint density at radius 1 is 1.30 bits per heavy atom. The van der Waals surface area contributed by atoms with Crippen LogP contribution in [0.4, 0.5) is 4.39 Å². The standard InChI is InChI=1S/C18H16FN5O3/c1-11-15(16(25)23-8-6-18(19,10-23)17(26)27)21-22-24(11)14-4-2-3-12-9-20-7-5-13(12)14/h2-5,7,9H,6,8,10H2,1H3,(H,26,27). The van der Waals surface area contributed by atoms with Crippen molar-refractivity contribution in [3.8, 4) is 5.69 Å². The van der Waals surface area contributed by atoms with Crippen LogP contribution in [0, 0.1) is 6.92 Å². The molecule has 8 nitrogen and oxygen atoms in total. The number of likely N-dealkylation sites (tertiary alicyclic amines) is 1. The molecule has 2 aromatic heterocycles. The molecule has 27 heavy (non-hydrogen) atoms. The Morgan fingerprint density at radius 2 is 2.11 bits per heavy atom. The lowest BCUT2D eigenvalue weighted by Gasteiger charge is -2.16. The lowest BCUT2D eigenvalue weighted by Crippen LogP contribution is -2.39. The molecule has 1 amide bonds.